The lowest BCUT2D eigenvalue weighted by atomic mass is 10.1. The molecule has 1 aromatic rings. The van der Waals surface area contributed by atoms with Crippen LogP contribution in [0.5, 0.6) is 0 Å². The molecule has 1 heterocycles. The van der Waals surface area contributed by atoms with Gasteiger partial charge in [-0.2, -0.15) is 0 Å². The van der Waals surface area contributed by atoms with E-state index >= 15 is 0 Å². The molecule has 1 aromatic heterocycles. The summed E-state index contributed by atoms with van der Waals surface area (Å²) in [6.45, 7) is 3.35. The average Bonchev–Trinajstić information content (AvgIpc) is 3.15. The summed E-state index contributed by atoms with van der Waals surface area (Å²) in [5.74, 6) is 0.917. The van der Waals surface area contributed by atoms with Crippen molar-refractivity contribution in [3.8, 4) is 0 Å². The van der Waals surface area contributed by atoms with Crippen LogP contribution in [-0.4, -0.2) is 25.6 Å². The van der Waals surface area contributed by atoms with Crippen molar-refractivity contribution in [1.82, 2.24) is 10.3 Å². The lowest BCUT2D eigenvalue weighted by Crippen LogP contribution is -2.21. The zero-order valence-corrected chi connectivity index (χ0v) is 11.1. The van der Waals surface area contributed by atoms with Crippen LogP contribution in [0.1, 0.15) is 37.9 Å². The number of hydrogen-bond donors (Lipinski definition) is 1. The number of aromatic nitrogens is 1. The smallest absolute Gasteiger partial charge is 0.0574 e. The number of anilines is 1. The molecule has 1 aliphatic rings. The van der Waals surface area contributed by atoms with Crippen LogP contribution < -0.4 is 10.2 Å². The molecule has 0 radical (unpaired) electrons. The van der Waals surface area contributed by atoms with Gasteiger partial charge in [-0.25, -0.2) is 0 Å². The lowest BCUT2D eigenvalue weighted by Gasteiger charge is -2.20. The number of rotatable bonds is 6. The van der Waals surface area contributed by atoms with Crippen molar-refractivity contribution in [3.63, 3.8) is 0 Å². The van der Waals surface area contributed by atoms with Gasteiger partial charge in [0, 0.05) is 19.6 Å². The van der Waals surface area contributed by atoms with Crippen LogP contribution in [0.25, 0.3) is 0 Å². The molecular formula is C14H23N3. The third-order valence-corrected chi connectivity index (χ3v) is 3.55. The minimum absolute atomic E-state index is 0.373. The molecule has 0 aliphatic heterocycles. The fourth-order valence-electron chi connectivity index (χ4n) is 2.18. The largest absolute Gasteiger partial charge is 0.373 e. The summed E-state index contributed by atoms with van der Waals surface area (Å²) >= 11 is 0. The van der Waals surface area contributed by atoms with Gasteiger partial charge in [0.2, 0.25) is 0 Å². The Labute approximate surface area is 104 Å². The first-order chi connectivity index (χ1) is 8.24. The minimum Gasteiger partial charge on any atom is -0.373 e. The van der Waals surface area contributed by atoms with Crippen LogP contribution in [0.15, 0.2) is 18.3 Å². The van der Waals surface area contributed by atoms with E-state index in [2.05, 4.69) is 41.3 Å². The first-order valence-corrected chi connectivity index (χ1v) is 6.59. The van der Waals surface area contributed by atoms with Crippen molar-refractivity contribution in [1.29, 1.82) is 0 Å². The molecule has 1 fully saturated rings. The van der Waals surface area contributed by atoms with Gasteiger partial charge in [-0.3, -0.25) is 4.98 Å². The Balaban J connectivity index is 2.00. The summed E-state index contributed by atoms with van der Waals surface area (Å²) in [5, 5.41) is 3.28. The third-order valence-electron chi connectivity index (χ3n) is 3.55. The molecule has 3 heteroatoms. The number of pyridine rings is 1. The average molecular weight is 233 g/mol. The Morgan fingerprint density at radius 3 is 2.71 bits per heavy atom. The van der Waals surface area contributed by atoms with Gasteiger partial charge in [0.05, 0.1) is 17.6 Å². The maximum atomic E-state index is 4.57. The lowest BCUT2D eigenvalue weighted by molar-refractivity contribution is 0.561. The van der Waals surface area contributed by atoms with E-state index in [4.69, 9.17) is 0 Å². The van der Waals surface area contributed by atoms with E-state index in [0.717, 1.165) is 18.0 Å². The monoisotopic (exact) mass is 233 g/mol. The number of hydrogen-bond acceptors (Lipinski definition) is 3. The molecule has 1 saturated carbocycles. The topological polar surface area (TPSA) is 28.2 Å². The zero-order valence-electron chi connectivity index (χ0n) is 11.1. The van der Waals surface area contributed by atoms with Crippen molar-refractivity contribution in [2.45, 2.75) is 32.2 Å². The van der Waals surface area contributed by atoms with Crippen molar-refractivity contribution in [2.24, 2.45) is 5.92 Å². The van der Waals surface area contributed by atoms with E-state index in [1.165, 1.54) is 25.1 Å². The molecule has 17 heavy (non-hydrogen) atoms. The van der Waals surface area contributed by atoms with E-state index in [9.17, 15) is 0 Å². The molecule has 0 saturated heterocycles. The molecule has 1 aliphatic carbocycles. The van der Waals surface area contributed by atoms with E-state index < -0.39 is 0 Å². The van der Waals surface area contributed by atoms with Gasteiger partial charge < -0.3 is 10.2 Å². The predicted molar refractivity (Wildman–Crippen MR) is 72.3 cm³/mol. The van der Waals surface area contributed by atoms with Gasteiger partial charge in [0.25, 0.3) is 0 Å². The molecule has 0 amide bonds. The summed E-state index contributed by atoms with van der Waals surface area (Å²) in [6, 6.07) is 4.70. The highest BCUT2D eigenvalue weighted by molar-refractivity contribution is 5.44. The summed E-state index contributed by atoms with van der Waals surface area (Å²) < 4.78 is 0. The second-order valence-corrected chi connectivity index (χ2v) is 5.01. The third kappa shape index (κ3) is 3.19. The highest BCUT2D eigenvalue weighted by Crippen LogP contribution is 2.30. The Morgan fingerprint density at radius 2 is 2.24 bits per heavy atom. The van der Waals surface area contributed by atoms with Gasteiger partial charge in [-0.1, -0.05) is 6.92 Å². The minimum atomic E-state index is 0.373. The van der Waals surface area contributed by atoms with E-state index in [1.54, 1.807) is 0 Å². The Morgan fingerprint density at radius 1 is 1.47 bits per heavy atom. The summed E-state index contributed by atoms with van der Waals surface area (Å²) in [7, 11) is 4.15. The van der Waals surface area contributed by atoms with Crippen molar-refractivity contribution < 1.29 is 0 Å². The van der Waals surface area contributed by atoms with Crippen molar-refractivity contribution in [2.75, 3.05) is 25.5 Å². The van der Waals surface area contributed by atoms with E-state index in [1.807, 2.05) is 13.2 Å². The van der Waals surface area contributed by atoms with Crippen molar-refractivity contribution in [3.05, 3.63) is 24.0 Å². The molecule has 1 atom stereocenters. The quantitative estimate of drug-likeness (QED) is 0.818. The van der Waals surface area contributed by atoms with E-state index in [-0.39, 0.29) is 0 Å². The molecule has 1 N–H and O–H groups in total. The van der Waals surface area contributed by atoms with Gasteiger partial charge in [0.1, 0.15) is 0 Å². The van der Waals surface area contributed by atoms with Crippen LogP contribution in [0.4, 0.5) is 5.69 Å². The number of nitrogens with one attached hydrogen (secondary N) is 1. The summed E-state index contributed by atoms with van der Waals surface area (Å²) in [5.41, 5.74) is 2.37. The maximum Gasteiger partial charge on any atom is 0.0574 e. The Bertz CT molecular complexity index is 339. The maximum absolute atomic E-state index is 4.57. The Hall–Kier alpha value is -1.09. The van der Waals surface area contributed by atoms with Crippen LogP contribution in [-0.2, 0) is 0 Å². The molecule has 2 rings (SSSR count). The molecule has 1 unspecified atom stereocenters. The molecule has 0 spiro atoms. The van der Waals surface area contributed by atoms with Crippen LogP contribution >= 0.6 is 0 Å². The summed E-state index contributed by atoms with van der Waals surface area (Å²) in [6.07, 6.45) is 5.86. The fourth-order valence-corrected chi connectivity index (χ4v) is 2.18. The zero-order chi connectivity index (χ0) is 12.3. The molecule has 0 aromatic carbocycles. The molecule has 0 bridgehead atoms. The van der Waals surface area contributed by atoms with Gasteiger partial charge in [0.15, 0.2) is 0 Å². The standard InChI is InChI=1S/C14H23N3/c1-4-13(15-2)14-8-7-12(9-16-14)17(3)10-11-5-6-11/h7-9,11,13,15H,4-6,10H2,1-3H3. The highest BCUT2D eigenvalue weighted by Gasteiger charge is 2.23. The number of nitrogens with zero attached hydrogens (tertiary/aromatic N) is 2. The first kappa shape index (κ1) is 12.4. The van der Waals surface area contributed by atoms with Gasteiger partial charge >= 0.3 is 0 Å². The molecule has 3 nitrogen and oxygen atoms in total. The second-order valence-electron chi connectivity index (χ2n) is 5.01. The Kier molecular flexibility index (Phi) is 4.00. The highest BCUT2D eigenvalue weighted by atomic mass is 15.1. The summed E-state index contributed by atoms with van der Waals surface area (Å²) in [4.78, 5) is 6.88. The SMILES string of the molecule is CCC(NC)c1ccc(N(C)CC2CC2)cn1. The van der Waals surface area contributed by atoms with Crippen LogP contribution in [0.3, 0.4) is 0 Å². The van der Waals surface area contributed by atoms with Gasteiger partial charge in [-0.05, 0) is 44.4 Å². The predicted octanol–water partition coefficient (Wildman–Crippen LogP) is 2.60. The first-order valence-electron chi connectivity index (χ1n) is 6.59. The second kappa shape index (κ2) is 5.50. The van der Waals surface area contributed by atoms with Crippen molar-refractivity contribution >= 4 is 5.69 Å². The van der Waals surface area contributed by atoms with Crippen LogP contribution in [0, 0.1) is 5.92 Å². The van der Waals surface area contributed by atoms with E-state index in [0.29, 0.717) is 6.04 Å². The fraction of sp³-hybridized carbons (Fsp3) is 0.643. The molecule has 94 valence electrons. The van der Waals surface area contributed by atoms with Crippen LogP contribution in [0.2, 0.25) is 0 Å². The van der Waals surface area contributed by atoms with Gasteiger partial charge in [-0.15, -0.1) is 0 Å². The normalized spacial score (nSPS) is 16.9. The molecular weight excluding hydrogens is 210 g/mol.